The highest BCUT2D eigenvalue weighted by molar-refractivity contribution is 6.30. The number of halogens is 1. The Bertz CT molecular complexity index is 702. The topological polar surface area (TPSA) is 59.6 Å². The summed E-state index contributed by atoms with van der Waals surface area (Å²) in [6, 6.07) is 13.9. The first-order chi connectivity index (χ1) is 11.7. The quantitative estimate of drug-likeness (QED) is 0.835. The van der Waals surface area contributed by atoms with E-state index in [2.05, 4.69) is 10.6 Å². The molecule has 1 aliphatic rings. The van der Waals surface area contributed by atoms with Crippen molar-refractivity contribution in [2.24, 2.45) is 0 Å². The van der Waals surface area contributed by atoms with E-state index in [0.29, 0.717) is 28.8 Å². The fraction of sp³-hybridized carbons (Fsp3) is 0.278. The fourth-order valence-electron chi connectivity index (χ4n) is 2.49. The van der Waals surface area contributed by atoms with Crippen LogP contribution in [0.3, 0.4) is 0 Å². The van der Waals surface area contributed by atoms with E-state index in [1.165, 1.54) is 0 Å². The highest BCUT2D eigenvalue weighted by atomic mass is 35.5. The first-order valence-corrected chi connectivity index (χ1v) is 8.25. The van der Waals surface area contributed by atoms with Crippen molar-refractivity contribution >= 4 is 29.0 Å². The number of ether oxygens (including phenoxy) is 2. The van der Waals surface area contributed by atoms with Gasteiger partial charge in [-0.25, -0.2) is 4.79 Å². The van der Waals surface area contributed by atoms with E-state index in [0.717, 1.165) is 19.4 Å². The van der Waals surface area contributed by atoms with Crippen molar-refractivity contribution in [1.29, 1.82) is 0 Å². The summed E-state index contributed by atoms with van der Waals surface area (Å²) in [4.78, 5) is 12.0. The second-order valence-corrected chi connectivity index (χ2v) is 6.00. The monoisotopic (exact) mass is 346 g/mol. The van der Waals surface area contributed by atoms with E-state index in [1.54, 1.807) is 36.4 Å². The molecule has 0 bridgehead atoms. The number of nitrogens with one attached hydrogen (secondary N) is 2. The van der Waals surface area contributed by atoms with Gasteiger partial charge in [-0.2, -0.15) is 0 Å². The van der Waals surface area contributed by atoms with Gasteiger partial charge in [0.1, 0.15) is 12.4 Å². The van der Waals surface area contributed by atoms with Crippen molar-refractivity contribution < 1.29 is 14.3 Å². The predicted molar refractivity (Wildman–Crippen MR) is 95.0 cm³/mol. The van der Waals surface area contributed by atoms with Gasteiger partial charge in [0.25, 0.3) is 0 Å². The zero-order valence-electron chi connectivity index (χ0n) is 13.1. The van der Waals surface area contributed by atoms with Crippen molar-refractivity contribution in [2.75, 3.05) is 23.8 Å². The van der Waals surface area contributed by atoms with Crippen LogP contribution in [0.4, 0.5) is 16.2 Å². The molecule has 3 rings (SSSR count). The van der Waals surface area contributed by atoms with E-state index in [9.17, 15) is 4.79 Å². The zero-order valence-corrected chi connectivity index (χ0v) is 13.9. The van der Waals surface area contributed by atoms with Crippen LogP contribution in [0.5, 0.6) is 5.75 Å². The average molecular weight is 347 g/mol. The van der Waals surface area contributed by atoms with Crippen LogP contribution in [0, 0.1) is 0 Å². The van der Waals surface area contributed by atoms with Crippen molar-refractivity contribution in [2.45, 2.75) is 18.9 Å². The number of anilines is 2. The van der Waals surface area contributed by atoms with Crippen molar-refractivity contribution in [1.82, 2.24) is 0 Å². The summed E-state index contributed by atoms with van der Waals surface area (Å²) in [5.74, 6) is 0.700. The number of hydrogen-bond donors (Lipinski definition) is 2. The molecule has 0 saturated carbocycles. The Morgan fingerprint density at radius 3 is 2.62 bits per heavy atom. The summed E-state index contributed by atoms with van der Waals surface area (Å²) in [7, 11) is 0. The molecule has 1 aliphatic heterocycles. The molecule has 24 heavy (non-hydrogen) atoms. The molecule has 2 N–H and O–H groups in total. The standard InChI is InChI=1S/C18H19ClN2O3/c19-13-4-1-5-14(10-13)20-18(22)21-15-6-2-7-16(11-15)24-12-17-8-3-9-23-17/h1-2,4-7,10-11,17H,3,8-9,12H2,(H2,20,21,22)/t17-/m0/s1. The van der Waals surface area contributed by atoms with Crippen LogP contribution in [0.1, 0.15) is 12.8 Å². The minimum absolute atomic E-state index is 0.160. The third-order valence-corrected chi connectivity index (χ3v) is 3.87. The van der Waals surface area contributed by atoms with Crippen LogP contribution in [-0.4, -0.2) is 25.3 Å². The second kappa shape index (κ2) is 8.04. The molecule has 6 heteroatoms. The number of benzene rings is 2. The maximum absolute atomic E-state index is 12.0. The zero-order chi connectivity index (χ0) is 16.8. The van der Waals surface area contributed by atoms with Gasteiger partial charge in [0.15, 0.2) is 0 Å². The number of amides is 2. The summed E-state index contributed by atoms with van der Waals surface area (Å²) in [6.45, 7) is 1.33. The molecule has 126 valence electrons. The van der Waals surface area contributed by atoms with E-state index < -0.39 is 0 Å². The lowest BCUT2D eigenvalue weighted by atomic mass is 10.2. The molecule has 0 aromatic heterocycles. The lowest BCUT2D eigenvalue weighted by molar-refractivity contribution is 0.0680. The highest BCUT2D eigenvalue weighted by Gasteiger charge is 2.16. The Hall–Kier alpha value is -2.24. The van der Waals surface area contributed by atoms with Crippen LogP contribution in [0.25, 0.3) is 0 Å². The lowest BCUT2D eigenvalue weighted by Gasteiger charge is -2.13. The van der Waals surface area contributed by atoms with E-state index in [4.69, 9.17) is 21.1 Å². The van der Waals surface area contributed by atoms with Gasteiger partial charge in [-0.15, -0.1) is 0 Å². The number of urea groups is 1. The van der Waals surface area contributed by atoms with Gasteiger partial charge >= 0.3 is 6.03 Å². The summed E-state index contributed by atoms with van der Waals surface area (Å²) in [6.07, 6.45) is 2.27. The Morgan fingerprint density at radius 2 is 1.92 bits per heavy atom. The first kappa shape index (κ1) is 16.6. The summed E-state index contributed by atoms with van der Waals surface area (Å²) < 4.78 is 11.3. The third kappa shape index (κ3) is 4.88. The fourth-order valence-corrected chi connectivity index (χ4v) is 2.68. The molecule has 1 heterocycles. The Kier molecular flexibility index (Phi) is 5.56. The van der Waals surface area contributed by atoms with E-state index in [-0.39, 0.29) is 12.1 Å². The summed E-state index contributed by atoms with van der Waals surface area (Å²) in [5.41, 5.74) is 1.28. The molecular weight excluding hydrogens is 328 g/mol. The van der Waals surface area contributed by atoms with Gasteiger partial charge in [0.05, 0.1) is 6.10 Å². The molecular formula is C18H19ClN2O3. The van der Waals surface area contributed by atoms with Crippen LogP contribution < -0.4 is 15.4 Å². The SMILES string of the molecule is O=C(Nc1cccc(Cl)c1)Nc1cccc(OC[C@@H]2CCCO2)c1. The molecule has 1 fully saturated rings. The van der Waals surface area contributed by atoms with Crippen LogP contribution >= 0.6 is 11.6 Å². The van der Waals surface area contributed by atoms with Crippen molar-refractivity contribution in [3.8, 4) is 5.75 Å². The average Bonchev–Trinajstić information content (AvgIpc) is 3.06. The Labute approximate surface area is 145 Å². The van der Waals surface area contributed by atoms with Gasteiger partial charge in [-0.3, -0.25) is 0 Å². The van der Waals surface area contributed by atoms with Gasteiger partial charge in [-0.05, 0) is 43.2 Å². The third-order valence-electron chi connectivity index (χ3n) is 3.63. The summed E-state index contributed by atoms with van der Waals surface area (Å²) in [5, 5.41) is 6.07. The highest BCUT2D eigenvalue weighted by Crippen LogP contribution is 2.20. The van der Waals surface area contributed by atoms with Gasteiger partial charge < -0.3 is 20.1 Å². The molecule has 0 aliphatic carbocycles. The molecule has 0 spiro atoms. The predicted octanol–water partition coefficient (Wildman–Crippen LogP) is 4.54. The maximum atomic E-state index is 12.0. The molecule has 0 unspecified atom stereocenters. The lowest BCUT2D eigenvalue weighted by Crippen LogP contribution is -2.19. The van der Waals surface area contributed by atoms with Crippen LogP contribution in [-0.2, 0) is 4.74 Å². The number of rotatable bonds is 5. The minimum Gasteiger partial charge on any atom is -0.491 e. The van der Waals surface area contributed by atoms with Crippen LogP contribution in [0.15, 0.2) is 48.5 Å². The normalized spacial score (nSPS) is 16.6. The van der Waals surface area contributed by atoms with Crippen molar-refractivity contribution in [3.63, 3.8) is 0 Å². The number of hydrogen-bond acceptors (Lipinski definition) is 3. The molecule has 2 aromatic rings. The van der Waals surface area contributed by atoms with Gasteiger partial charge in [0.2, 0.25) is 0 Å². The Morgan fingerprint density at radius 1 is 1.17 bits per heavy atom. The largest absolute Gasteiger partial charge is 0.491 e. The second-order valence-electron chi connectivity index (χ2n) is 5.56. The Balaban J connectivity index is 1.54. The van der Waals surface area contributed by atoms with Gasteiger partial charge in [0, 0.05) is 29.1 Å². The molecule has 1 atom stereocenters. The smallest absolute Gasteiger partial charge is 0.323 e. The van der Waals surface area contributed by atoms with Crippen LogP contribution in [0.2, 0.25) is 5.02 Å². The van der Waals surface area contributed by atoms with Gasteiger partial charge in [-0.1, -0.05) is 23.7 Å². The molecule has 1 saturated heterocycles. The van der Waals surface area contributed by atoms with E-state index >= 15 is 0 Å². The maximum Gasteiger partial charge on any atom is 0.323 e. The first-order valence-electron chi connectivity index (χ1n) is 7.87. The minimum atomic E-state index is -0.339. The molecule has 2 aromatic carbocycles. The number of carbonyl (C=O) groups is 1. The molecule has 0 radical (unpaired) electrons. The number of carbonyl (C=O) groups excluding carboxylic acids is 1. The summed E-state index contributed by atoms with van der Waals surface area (Å²) >= 11 is 5.90. The molecule has 2 amide bonds. The van der Waals surface area contributed by atoms with E-state index in [1.807, 2.05) is 12.1 Å². The molecule has 5 nitrogen and oxygen atoms in total. The van der Waals surface area contributed by atoms with Crippen molar-refractivity contribution in [3.05, 3.63) is 53.6 Å².